The van der Waals surface area contributed by atoms with Crippen molar-refractivity contribution in [2.24, 2.45) is 5.41 Å². The van der Waals surface area contributed by atoms with Gasteiger partial charge < -0.3 is 10.1 Å². The molecule has 0 spiro atoms. The highest BCUT2D eigenvalue weighted by atomic mass is 19.2. The van der Waals surface area contributed by atoms with Gasteiger partial charge in [-0.05, 0) is 31.9 Å². The number of ether oxygens (including phenoxy) is 1. The third-order valence-electron chi connectivity index (χ3n) is 3.45. The average molecular weight is 285 g/mol. The Bertz CT molecular complexity index is 455. The maximum Gasteiger partial charge on any atom is 0.163 e. The van der Waals surface area contributed by atoms with Crippen LogP contribution in [-0.4, -0.2) is 19.8 Å². The molecule has 4 heteroatoms. The summed E-state index contributed by atoms with van der Waals surface area (Å²) < 4.78 is 33.8. The summed E-state index contributed by atoms with van der Waals surface area (Å²) in [6, 6.07) is 2.83. The van der Waals surface area contributed by atoms with Gasteiger partial charge >= 0.3 is 0 Å². The van der Waals surface area contributed by atoms with Crippen LogP contribution in [0.15, 0.2) is 12.1 Å². The number of hydrogen-bond donors (Lipinski definition) is 1. The van der Waals surface area contributed by atoms with Gasteiger partial charge in [-0.2, -0.15) is 0 Å². The first kappa shape index (κ1) is 17.1. The van der Waals surface area contributed by atoms with Crippen molar-refractivity contribution in [1.82, 2.24) is 5.32 Å². The molecule has 0 saturated heterocycles. The topological polar surface area (TPSA) is 21.3 Å². The molecule has 1 aromatic carbocycles. The lowest BCUT2D eigenvalue weighted by atomic mass is 9.81. The lowest BCUT2D eigenvalue weighted by Gasteiger charge is -2.37. The van der Waals surface area contributed by atoms with Crippen LogP contribution in [0.1, 0.15) is 44.9 Å². The van der Waals surface area contributed by atoms with Crippen LogP contribution >= 0.6 is 0 Å². The number of benzene rings is 1. The van der Waals surface area contributed by atoms with Gasteiger partial charge in [0.1, 0.15) is 0 Å². The van der Waals surface area contributed by atoms with Crippen molar-refractivity contribution in [1.29, 1.82) is 0 Å². The van der Waals surface area contributed by atoms with Crippen LogP contribution in [0.4, 0.5) is 8.78 Å². The lowest BCUT2D eigenvalue weighted by Crippen LogP contribution is -2.41. The first-order valence-electron chi connectivity index (χ1n) is 6.97. The van der Waals surface area contributed by atoms with E-state index in [9.17, 15) is 8.78 Å². The van der Waals surface area contributed by atoms with E-state index in [1.807, 2.05) is 27.7 Å². The highest BCUT2D eigenvalue weighted by Gasteiger charge is 2.35. The minimum absolute atomic E-state index is 0.197. The number of nitrogens with one attached hydrogen (secondary N) is 1. The molecule has 0 fully saturated rings. The summed E-state index contributed by atoms with van der Waals surface area (Å²) >= 11 is 0. The van der Waals surface area contributed by atoms with E-state index >= 15 is 0 Å². The Morgan fingerprint density at radius 2 is 1.80 bits per heavy atom. The van der Waals surface area contributed by atoms with E-state index in [4.69, 9.17) is 4.74 Å². The molecule has 1 N–H and O–H groups in total. The summed E-state index contributed by atoms with van der Waals surface area (Å²) in [5.74, 6) is -1.58. The van der Waals surface area contributed by atoms with Crippen molar-refractivity contribution >= 4 is 0 Å². The average Bonchev–Trinajstić information content (AvgIpc) is 2.37. The zero-order valence-electron chi connectivity index (χ0n) is 13.2. The molecular formula is C16H25F2NO. The maximum atomic E-state index is 14.2. The molecule has 0 saturated carbocycles. The Labute approximate surface area is 120 Å². The number of rotatable bonds is 5. The van der Waals surface area contributed by atoms with Gasteiger partial charge in [0.05, 0.1) is 12.1 Å². The summed E-state index contributed by atoms with van der Waals surface area (Å²) in [4.78, 5) is 0. The first-order chi connectivity index (χ1) is 9.23. The van der Waals surface area contributed by atoms with E-state index in [1.54, 1.807) is 26.1 Å². The smallest absolute Gasteiger partial charge is 0.163 e. The van der Waals surface area contributed by atoms with Crippen LogP contribution in [-0.2, 0) is 4.74 Å². The highest BCUT2D eigenvalue weighted by molar-refractivity contribution is 5.29. The summed E-state index contributed by atoms with van der Waals surface area (Å²) in [7, 11) is 1.74. The van der Waals surface area contributed by atoms with Crippen LogP contribution in [0.25, 0.3) is 0 Å². The standard InChI is InChI=1S/C16H25F2NO/c1-7-20-15(16(3,4)5)14(19-6)11-9-8-10(2)12(17)13(11)18/h8-9,14-15,19H,7H2,1-6H3. The number of hydrogen-bond acceptors (Lipinski definition) is 2. The fraction of sp³-hybridized carbons (Fsp3) is 0.625. The lowest BCUT2D eigenvalue weighted by molar-refractivity contribution is -0.0358. The van der Waals surface area contributed by atoms with Crippen molar-refractivity contribution in [2.45, 2.75) is 46.8 Å². The molecule has 2 nitrogen and oxygen atoms in total. The van der Waals surface area contributed by atoms with E-state index < -0.39 is 17.7 Å². The first-order valence-corrected chi connectivity index (χ1v) is 6.97. The summed E-state index contributed by atoms with van der Waals surface area (Å²) in [6.07, 6.45) is -0.255. The molecule has 2 atom stereocenters. The zero-order chi connectivity index (χ0) is 15.5. The second-order valence-electron chi connectivity index (χ2n) is 6.11. The Kier molecular flexibility index (Phi) is 5.66. The summed E-state index contributed by atoms with van der Waals surface area (Å²) in [5, 5.41) is 3.07. The van der Waals surface area contributed by atoms with Crippen molar-refractivity contribution < 1.29 is 13.5 Å². The number of aryl methyl sites for hydroxylation is 1. The van der Waals surface area contributed by atoms with Crippen molar-refractivity contribution in [3.8, 4) is 0 Å². The molecule has 1 rings (SSSR count). The van der Waals surface area contributed by atoms with Crippen LogP contribution in [0, 0.1) is 24.0 Å². The van der Waals surface area contributed by atoms with Gasteiger partial charge in [0.2, 0.25) is 0 Å². The van der Waals surface area contributed by atoms with Gasteiger partial charge in [0.25, 0.3) is 0 Å². The third kappa shape index (κ3) is 3.55. The zero-order valence-corrected chi connectivity index (χ0v) is 13.2. The van der Waals surface area contributed by atoms with Gasteiger partial charge in [-0.15, -0.1) is 0 Å². The molecule has 0 amide bonds. The molecule has 0 aromatic heterocycles. The second kappa shape index (κ2) is 6.64. The van der Waals surface area contributed by atoms with Crippen molar-refractivity contribution in [2.75, 3.05) is 13.7 Å². The van der Waals surface area contributed by atoms with Crippen molar-refractivity contribution in [3.05, 3.63) is 34.9 Å². The predicted octanol–water partition coefficient (Wildman–Crippen LogP) is 3.98. The molecule has 114 valence electrons. The number of likely N-dealkylation sites (N-methyl/N-ethyl adjacent to an activating group) is 1. The van der Waals surface area contributed by atoms with Gasteiger partial charge in [0, 0.05) is 12.2 Å². The SMILES string of the molecule is CCOC(C(NC)c1ccc(C)c(F)c1F)C(C)(C)C. The fourth-order valence-electron chi connectivity index (χ4n) is 2.40. The quantitative estimate of drug-likeness (QED) is 0.883. The molecule has 1 aromatic rings. The predicted molar refractivity (Wildman–Crippen MR) is 77.8 cm³/mol. The molecule has 0 heterocycles. The van der Waals surface area contributed by atoms with E-state index in [-0.39, 0.29) is 11.5 Å². The largest absolute Gasteiger partial charge is 0.376 e. The maximum absolute atomic E-state index is 14.2. The molecule has 0 aliphatic rings. The summed E-state index contributed by atoms with van der Waals surface area (Å²) in [6.45, 7) is 10.1. The second-order valence-corrected chi connectivity index (χ2v) is 6.11. The molecule has 2 unspecified atom stereocenters. The Morgan fingerprint density at radius 1 is 1.20 bits per heavy atom. The van der Waals surface area contributed by atoms with Crippen LogP contribution in [0.3, 0.4) is 0 Å². The molecular weight excluding hydrogens is 260 g/mol. The minimum Gasteiger partial charge on any atom is -0.376 e. The molecule has 0 aliphatic carbocycles. The van der Waals surface area contributed by atoms with E-state index in [2.05, 4.69) is 5.32 Å². The van der Waals surface area contributed by atoms with Gasteiger partial charge in [-0.1, -0.05) is 32.9 Å². The fourth-order valence-corrected chi connectivity index (χ4v) is 2.40. The Hall–Kier alpha value is -1.00. The summed E-state index contributed by atoms with van der Waals surface area (Å²) in [5.41, 5.74) is 0.422. The molecule has 0 radical (unpaired) electrons. The Balaban J connectivity index is 3.27. The molecule has 20 heavy (non-hydrogen) atoms. The van der Waals surface area contributed by atoms with Crippen LogP contribution in [0.5, 0.6) is 0 Å². The van der Waals surface area contributed by atoms with Gasteiger partial charge in [0.15, 0.2) is 11.6 Å². The van der Waals surface area contributed by atoms with Crippen molar-refractivity contribution in [3.63, 3.8) is 0 Å². The molecule has 0 aliphatic heterocycles. The highest BCUT2D eigenvalue weighted by Crippen LogP contribution is 2.34. The van der Waals surface area contributed by atoms with E-state index in [0.717, 1.165) is 0 Å². The number of halogens is 2. The van der Waals surface area contributed by atoms with Gasteiger partial charge in [-0.3, -0.25) is 0 Å². The monoisotopic (exact) mass is 285 g/mol. The third-order valence-corrected chi connectivity index (χ3v) is 3.45. The Morgan fingerprint density at radius 3 is 2.25 bits per heavy atom. The van der Waals surface area contributed by atoms with E-state index in [1.165, 1.54) is 0 Å². The van der Waals surface area contributed by atoms with Gasteiger partial charge in [-0.25, -0.2) is 8.78 Å². The van der Waals surface area contributed by atoms with Crippen LogP contribution < -0.4 is 5.32 Å². The molecule has 0 bridgehead atoms. The normalized spacial score (nSPS) is 15.2. The van der Waals surface area contributed by atoms with E-state index in [0.29, 0.717) is 17.7 Å². The minimum atomic E-state index is -0.793. The van der Waals surface area contributed by atoms with Crippen LogP contribution in [0.2, 0.25) is 0 Å².